The molecule has 0 heterocycles. The second-order valence-corrected chi connectivity index (χ2v) is 6.37. The molecule has 0 saturated heterocycles. The Morgan fingerprint density at radius 2 is 1.95 bits per heavy atom. The van der Waals surface area contributed by atoms with Crippen molar-refractivity contribution in [3.8, 4) is 0 Å². The molecule has 1 aliphatic rings. The highest BCUT2D eigenvalue weighted by Gasteiger charge is 2.43. The first-order chi connectivity index (χ1) is 8.67. The van der Waals surface area contributed by atoms with Crippen molar-refractivity contribution in [3.05, 3.63) is 0 Å². The van der Waals surface area contributed by atoms with E-state index in [-0.39, 0.29) is 24.0 Å². The first-order valence-corrected chi connectivity index (χ1v) is 7.18. The Balaban J connectivity index is 2.59. The molecule has 1 aliphatic carbocycles. The molecule has 19 heavy (non-hydrogen) atoms. The molecule has 2 unspecified atom stereocenters. The lowest BCUT2D eigenvalue weighted by atomic mass is 9.86. The minimum absolute atomic E-state index is 0.0918. The summed E-state index contributed by atoms with van der Waals surface area (Å²) in [5.74, 6) is 0. The quantitative estimate of drug-likeness (QED) is 0.802. The van der Waals surface area contributed by atoms with Gasteiger partial charge < -0.3 is 10.2 Å². The van der Waals surface area contributed by atoms with E-state index in [9.17, 15) is 13.2 Å². The maximum absolute atomic E-state index is 12.3. The number of hydrogen-bond donors (Lipinski definition) is 1. The van der Waals surface area contributed by atoms with Gasteiger partial charge in [-0.3, -0.25) is 0 Å². The van der Waals surface area contributed by atoms with Crippen LogP contribution in [0.5, 0.6) is 0 Å². The van der Waals surface area contributed by atoms with E-state index >= 15 is 0 Å². The van der Waals surface area contributed by atoms with E-state index in [2.05, 4.69) is 26.1 Å². The van der Waals surface area contributed by atoms with Gasteiger partial charge in [0, 0.05) is 18.6 Å². The second kappa shape index (κ2) is 6.44. The second-order valence-electron chi connectivity index (χ2n) is 6.37. The summed E-state index contributed by atoms with van der Waals surface area (Å²) in [6.07, 6.45) is -1.70. The van der Waals surface area contributed by atoms with E-state index in [1.807, 2.05) is 11.9 Å². The fourth-order valence-electron chi connectivity index (χ4n) is 3.02. The predicted octanol–water partition coefficient (Wildman–Crippen LogP) is 3.43. The summed E-state index contributed by atoms with van der Waals surface area (Å²) in [4.78, 5) is 1.88. The highest BCUT2D eigenvalue weighted by molar-refractivity contribution is 5.00. The van der Waals surface area contributed by atoms with Crippen LogP contribution in [0.15, 0.2) is 0 Å². The Bertz CT molecular complexity index is 276. The van der Waals surface area contributed by atoms with E-state index in [0.29, 0.717) is 0 Å². The predicted molar refractivity (Wildman–Crippen MR) is 72.2 cm³/mol. The summed E-state index contributed by atoms with van der Waals surface area (Å²) in [5, 5.41) is 3.53. The summed E-state index contributed by atoms with van der Waals surface area (Å²) in [7, 11) is 1.82. The molecule has 0 spiro atoms. The summed E-state index contributed by atoms with van der Waals surface area (Å²) >= 11 is 0. The molecule has 0 aromatic heterocycles. The zero-order valence-corrected chi connectivity index (χ0v) is 12.5. The van der Waals surface area contributed by atoms with Gasteiger partial charge in [-0.05, 0) is 38.3 Å². The van der Waals surface area contributed by atoms with Crippen molar-refractivity contribution in [1.29, 1.82) is 0 Å². The van der Waals surface area contributed by atoms with E-state index in [1.165, 1.54) is 0 Å². The first kappa shape index (κ1) is 16.8. The largest absolute Gasteiger partial charge is 0.390 e. The number of nitrogens with zero attached hydrogens (tertiary/aromatic N) is 1. The topological polar surface area (TPSA) is 15.3 Å². The van der Waals surface area contributed by atoms with Gasteiger partial charge in [0.05, 0.1) is 6.42 Å². The first-order valence-electron chi connectivity index (χ1n) is 7.18. The third kappa shape index (κ3) is 4.95. The number of hydrogen-bond acceptors (Lipinski definition) is 2. The average Bonchev–Trinajstić information content (AvgIpc) is 2.58. The monoisotopic (exact) mass is 280 g/mol. The van der Waals surface area contributed by atoms with Gasteiger partial charge in [0.2, 0.25) is 0 Å². The number of alkyl halides is 3. The fourth-order valence-corrected chi connectivity index (χ4v) is 3.02. The molecule has 1 rings (SSSR count). The third-order valence-electron chi connectivity index (χ3n) is 4.24. The molecule has 1 N–H and O–H groups in total. The summed E-state index contributed by atoms with van der Waals surface area (Å²) < 4.78 is 36.9. The molecule has 0 bridgehead atoms. The summed E-state index contributed by atoms with van der Waals surface area (Å²) in [6.45, 7) is 7.54. The van der Waals surface area contributed by atoms with Crippen LogP contribution in [0.25, 0.3) is 0 Å². The van der Waals surface area contributed by atoms with Crippen LogP contribution in [0.4, 0.5) is 13.2 Å². The van der Waals surface area contributed by atoms with Crippen molar-refractivity contribution in [2.24, 2.45) is 5.41 Å². The number of rotatable bonds is 6. The maximum Gasteiger partial charge on any atom is 0.390 e. The fraction of sp³-hybridized carbons (Fsp3) is 1.00. The number of nitrogens with one attached hydrogen (secondary N) is 1. The zero-order valence-electron chi connectivity index (χ0n) is 12.5. The van der Waals surface area contributed by atoms with E-state index in [1.54, 1.807) is 0 Å². The molecule has 1 fully saturated rings. The van der Waals surface area contributed by atoms with Gasteiger partial charge >= 0.3 is 6.18 Å². The van der Waals surface area contributed by atoms with Crippen LogP contribution in [0.3, 0.4) is 0 Å². The van der Waals surface area contributed by atoms with Crippen molar-refractivity contribution < 1.29 is 13.2 Å². The lowest BCUT2D eigenvalue weighted by Gasteiger charge is -2.36. The van der Waals surface area contributed by atoms with Crippen molar-refractivity contribution >= 4 is 0 Å². The smallest absolute Gasteiger partial charge is 0.312 e. The molecule has 0 radical (unpaired) electrons. The van der Waals surface area contributed by atoms with Gasteiger partial charge in [-0.1, -0.05) is 20.8 Å². The van der Waals surface area contributed by atoms with E-state index < -0.39 is 12.6 Å². The normalized spacial score (nSPS) is 27.2. The molecule has 2 atom stereocenters. The Hall–Kier alpha value is -0.290. The third-order valence-corrected chi connectivity index (χ3v) is 4.24. The lowest BCUT2D eigenvalue weighted by molar-refractivity contribution is -0.138. The standard InChI is InChI=1S/C14H27F3N2/c1-5-9-18-12-11(6-7-13(12,2)3)19(4)10-8-14(15,16)17/h11-12,18H,5-10H2,1-4H3. The van der Waals surface area contributed by atoms with Crippen LogP contribution in [-0.4, -0.2) is 43.3 Å². The number of halogens is 3. The highest BCUT2D eigenvalue weighted by atomic mass is 19.4. The zero-order chi connectivity index (χ0) is 14.7. The molecular weight excluding hydrogens is 253 g/mol. The SMILES string of the molecule is CCCNC1C(N(C)CCC(F)(F)F)CCC1(C)C. The molecule has 1 saturated carbocycles. The highest BCUT2D eigenvalue weighted by Crippen LogP contribution is 2.39. The lowest BCUT2D eigenvalue weighted by Crippen LogP contribution is -2.51. The Morgan fingerprint density at radius 1 is 1.32 bits per heavy atom. The van der Waals surface area contributed by atoms with E-state index in [0.717, 1.165) is 25.8 Å². The molecule has 2 nitrogen and oxygen atoms in total. The van der Waals surface area contributed by atoms with Gasteiger partial charge in [0.1, 0.15) is 0 Å². The van der Waals surface area contributed by atoms with Crippen LogP contribution < -0.4 is 5.32 Å². The molecule has 0 amide bonds. The Kier molecular flexibility index (Phi) is 5.68. The molecular formula is C14H27F3N2. The van der Waals surface area contributed by atoms with Gasteiger partial charge in [-0.15, -0.1) is 0 Å². The molecule has 0 aliphatic heterocycles. The minimum Gasteiger partial charge on any atom is -0.312 e. The van der Waals surface area contributed by atoms with Crippen molar-refractivity contribution in [2.45, 2.75) is 64.7 Å². The maximum atomic E-state index is 12.3. The van der Waals surface area contributed by atoms with Crippen LogP contribution in [0.1, 0.15) is 46.5 Å². The molecule has 0 aromatic rings. The molecule has 0 aromatic carbocycles. The van der Waals surface area contributed by atoms with Crippen molar-refractivity contribution in [2.75, 3.05) is 20.1 Å². The van der Waals surface area contributed by atoms with Crippen molar-refractivity contribution in [1.82, 2.24) is 10.2 Å². The van der Waals surface area contributed by atoms with Gasteiger partial charge in [-0.2, -0.15) is 13.2 Å². The van der Waals surface area contributed by atoms with Crippen LogP contribution in [0, 0.1) is 5.41 Å². The summed E-state index contributed by atoms with van der Waals surface area (Å²) in [6, 6.07) is 0.495. The minimum atomic E-state index is -4.06. The van der Waals surface area contributed by atoms with E-state index in [4.69, 9.17) is 0 Å². The van der Waals surface area contributed by atoms with Gasteiger partial charge in [0.25, 0.3) is 0 Å². The van der Waals surface area contributed by atoms with Gasteiger partial charge in [0.15, 0.2) is 0 Å². The van der Waals surface area contributed by atoms with Gasteiger partial charge in [-0.25, -0.2) is 0 Å². The average molecular weight is 280 g/mol. The Morgan fingerprint density at radius 3 is 2.47 bits per heavy atom. The summed E-state index contributed by atoms with van der Waals surface area (Å²) in [5.41, 5.74) is 0.159. The molecule has 114 valence electrons. The Labute approximate surface area is 114 Å². The van der Waals surface area contributed by atoms with Crippen molar-refractivity contribution in [3.63, 3.8) is 0 Å². The number of likely N-dealkylation sites (N-methyl/N-ethyl adjacent to an activating group) is 1. The van der Waals surface area contributed by atoms with Crippen LogP contribution in [-0.2, 0) is 0 Å². The molecule has 5 heteroatoms. The van der Waals surface area contributed by atoms with Crippen LogP contribution in [0.2, 0.25) is 0 Å². The van der Waals surface area contributed by atoms with Crippen LogP contribution >= 0.6 is 0 Å².